The first-order valence-electron chi connectivity index (χ1n) is 7.92. The monoisotopic (exact) mass is 345 g/mol. The molecule has 2 aromatic rings. The van der Waals surface area contributed by atoms with E-state index >= 15 is 0 Å². The van der Waals surface area contributed by atoms with Crippen molar-refractivity contribution < 1.29 is 13.2 Å². The summed E-state index contributed by atoms with van der Waals surface area (Å²) >= 11 is 0. The van der Waals surface area contributed by atoms with Gasteiger partial charge in [0.1, 0.15) is 5.25 Å². The number of carbonyl (C=O) groups is 1. The van der Waals surface area contributed by atoms with Crippen LogP contribution in [0.3, 0.4) is 0 Å². The van der Waals surface area contributed by atoms with Crippen LogP contribution in [0.5, 0.6) is 0 Å². The molecule has 0 saturated heterocycles. The summed E-state index contributed by atoms with van der Waals surface area (Å²) in [5.41, 5.74) is 2.64. The third kappa shape index (κ3) is 4.68. The molecule has 1 amide bonds. The molecule has 24 heavy (non-hydrogen) atoms. The molecule has 2 rings (SSSR count). The molecule has 0 radical (unpaired) electrons. The van der Waals surface area contributed by atoms with E-state index in [0.717, 1.165) is 11.1 Å². The Hall–Kier alpha value is -2.14. The minimum absolute atomic E-state index is 0.136. The number of benzene rings is 2. The number of hydrogen-bond acceptors (Lipinski definition) is 3. The Balaban J connectivity index is 2.06. The molecule has 0 heterocycles. The molecule has 0 fully saturated rings. The molecule has 0 aliphatic carbocycles. The Morgan fingerprint density at radius 2 is 1.71 bits per heavy atom. The summed E-state index contributed by atoms with van der Waals surface area (Å²) in [6.45, 7) is 5.19. The Kier molecular flexibility index (Phi) is 5.78. The van der Waals surface area contributed by atoms with E-state index in [1.807, 2.05) is 62.4 Å². The van der Waals surface area contributed by atoms with Gasteiger partial charge in [-0.15, -0.1) is 0 Å². The maximum Gasteiger partial charge on any atom is 0.238 e. The first kappa shape index (κ1) is 18.2. The largest absolute Gasteiger partial charge is 0.348 e. The highest BCUT2D eigenvalue weighted by Gasteiger charge is 2.29. The van der Waals surface area contributed by atoms with Crippen LogP contribution < -0.4 is 5.32 Å². The molecule has 0 aliphatic heterocycles. The second kappa shape index (κ2) is 7.62. The summed E-state index contributed by atoms with van der Waals surface area (Å²) in [4.78, 5) is 12.3. The van der Waals surface area contributed by atoms with Gasteiger partial charge in [-0.2, -0.15) is 0 Å². The molecule has 2 aromatic carbocycles. The third-order valence-corrected chi connectivity index (χ3v) is 6.04. The van der Waals surface area contributed by atoms with Crippen molar-refractivity contribution in [3.8, 4) is 0 Å². The zero-order chi connectivity index (χ0) is 17.7. The van der Waals surface area contributed by atoms with E-state index in [9.17, 15) is 13.2 Å². The van der Waals surface area contributed by atoms with E-state index in [1.54, 1.807) is 6.07 Å². The fourth-order valence-electron chi connectivity index (χ4n) is 2.48. The van der Waals surface area contributed by atoms with Crippen LogP contribution in [-0.2, 0) is 20.4 Å². The van der Waals surface area contributed by atoms with Crippen molar-refractivity contribution in [2.75, 3.05) is 0 Å². The predicted molar refractivity (Wildman–Crippen MR) is 96.3 cm³/mol. The van der Waals surface area contributed by atoms with Crippen LogP contribution in [0.4, 0.5) is 0 Å². The highest BCUT2D eigenvalue weighted by Crippen LogP contribution is 2.16. The molecule has 0 aliphatic rings. The van der Waals surface area contributed by atoms with Gasteiger partial charge in [-0.1, -0.05) is 60.2 Å². The molecular formula is C19H23NO3S. The summed E-state index contributed by atoms with van der Waals surface area (Å²) in [7, 11) is -3.57. The second-order valence-electron chi connectivity index (χ2n) is 6.08. The van der Waals surface area contributed by atoms with Crippen LogP contribution in [0.15, 0.2) is 54.6 Å². The minimum atomic E-state index is -3.57. The van der Waals surface area contributed by atoms with Crippen molar-refractivity contribution in [1.82, 2.24) is 5.32 Å². The van der Waals surface area contributed by atoms with Gasteiger partial charge in [0, 0.05) is 0 Å². The Bertz CT molecular complexity index is 800. The van der Waals surface area contributed by atoms with Gasteiger partial charge in [-0.25, -0.2) is 8.42 Å². The Morgan fingerprint density at radius 1 is 1.04 bits per heavy atom. The van der Waals surface area contributed by atoms with E-state index in [4.69, 9.17) is 0 Å². The average molecular weight is 345 g/mol. The van der Waals surface area contributed by atoms with Gasteiger partial charge in [0.2, 0.25) is 5.91 Å². The van der Waals surface area contributed by atoms with Crippen LogP contribution in [0, 0.1) is 6.92 Å². The molecule has 128 valence electrons. The van der Waals surface area contributed by atoms with Gasteiger partial charge in [-0.05, 0) is 31.9 Å². The summed E-state index contributed by atoms with van der Waals surface area (Å²) in [5.74, 6) is -0.609. The summed E-state index contributed by atoms with van der Waals surface area (Å²) in [5, 5.41) is 1.69. The fraction of sp³-hybridized carbons (Fsp3) is 0.316. The van der Waals surface area contributed by atoms with E-state index in [-0.39, 0.29) is 11.8 Å². The number of rotatable bonds is 6. The maximum atomic E-state index is 12.5. The van der Waals surface area contributed by atoms with Crippen molar-refractivity contribution in [2.24, 2.45) is 0 Å². The number of sulfone groups is 1. The molecule has 0 bridgehead atoms. The van der Waals surface area contributed by atoms with Crippen molar-refractivity contribution in [3.05, 3.63) is 71.3 Å². The van der Waals surface area contributed by atoms with Crippen LogP contribution in [0.25, 0.3) is 0 Å². The fourth-order valence-corrected chi connectivity index (χ4v) is 3.77. The molecular weight excluding hydrogens is 322 g/mol. The Labute approximate surface area is 143 Å². The van der Waals surface area contributed by atoms with Gasteiger partial charge >= 0.3 is 0 Å². The quantitative estimate of drug-likeness (QED) is 0.874. The highest BCUT2D eigenvalue weighted by atomic mass is 32.2. The zero-order valence-corrected chi connectivity index (χ0v) is 15.0. The van der Waals surface area contributed by atoms with Crippen molar-refractivity contribution in [3.63, 3.8) is 0 Å². The molecule has 2 atom stereocenters. The molecule has 0 aromatic heterocycles. The first-order valence-corrected chi connectivity index (χ1v) is 9.63. The standard InChI is InChI=1S/C19H23NO3S/c1-14-8-7-9-17(12-14)13-24(22,23)16(3)19(21)20-15(2)18-10-5-4-6-11-18/h4-12,15-16H,13H2,1-3H3,(H,20,21)/t15-,16-/m1/s1. The lowest BCUT2D eigenvalue weighted by atomic mass is 10.1. The van der Waals surface area contributed by atoms with Crippen LogP contribution in [0.2, 0.25) is 0 Å². The lowest BCUT2D eigenvalue weighted by Gasteiger charge is -2.18. The van der Waals surface area contributed by atoms with Gasteiger partial charge in [0.25, 0.3) is 0 Å². The number of nitrogens with one attached hydrogen (secondary N) is 1. The van der Waals surface area contributed by atoms with Gasteiger partial charge in [-0.3, -0.25) is 4.79 Å². The number of hydrogen-bond donors (Lipinski definition) is 1. The van der Waals surface area contributed by atoms with Crippen LogP contribution in [-0.4, -0.2) is 19.6 Å². The first-order chi connectivity index (χ1) is 11.3. The highest BCUT2D eigenvalue weighted by molar-refractivity contribution is 7.92. The third-order valence-electron chi connectivity index (χ3n) is 4.02. The normalized spacial score (nSPS) is 14.0. The topological polar surface area (TPSA) is 63.2 Å². The van der Waals surface area contributed by atoms with Crippen molar-refractivity contribution in [2.45, 2.75) is 37.8 Å². The van der Waals surface area contributed by atoms with Crippen LogP contribution >= 0.6 is 0 Å². The van der Waals surface area contributed by atoms with Gasteiger partial charge < -0.3 is 5.32 Å². The van der Waals surface area contributed by atoms with E-state index in [0.29, 0.717) is 5.56 Å². The van der Waals surface area contributed by atoms with Crippen LogP contribution in [0.1, 0.15) is 36.6 Å². The average Bonchev–Trinajstić information content (AvgIpc) is 2.54. The maximum absolute atomic E-state index is 12.5. The molecule has 0 saturated carbocycles. The van der Waals surface area contributed by atoms with Gasteiger partial charge in [0.15, 0.2) is 9.84 Å². The zero-order valence-electron chi connectivity index (χ0n) is 14.2. The lowest BCUT2D eigenvalue weighted by Crippen LogP contribution is -2.39. The summed E-state index contributed by atoms with van der Waals surface area (Å²) < 4.78 is 25.0. The van der Waals surface area contributed by atoms with E-state index in [1.165, 1.54) is 6.92 Å². The molecule has 0 spiro atoms. The lowest BCUT2D eigenvalue weighted by molar-refractivity contribution is -0.121. The SMILES string of the molecule is Cc1cccc(CS(=O)(=O)[C@H](C)C(=O)N[C@H](C)c2ccccc2)c1. The van der Waals surface area contributed by atoms with Gasteiger partial charge in [0.05, 0.1) is 11.8 Å². The molecule has 1 N–H and O–H groups in total. The summed E-state index contributed by atoms with van der Waals surface area (Å²) in [6, 6.07) is 16.6. The molecule has 0 unspecified atom stereocenters. The number of carbonyl (C=O) groups excluding carboxylic acids is 1. The van der Waals surface area contributed by atoms with E-state index in [2.05, 4.69) is 5.32 Å². The Morgan fingerprint density at radius 3 is 2.33 bits per heavy atom. The minimum Gasteiger partial charge on any atom is -0.348 e. The smallest absolute Gasteiger partial charge is 0.238 e. The number of aryl methyl sites for hydroxylation is 1. The molecule has 5 heteroatoms. The molecule has 4 nitrogen and oxygen atoms in total. The predicted octanol–water partition coefficient (Wildman–Crippen LogP) is 3.18. The second-order valence-corrected chi connectivity index (χ2v) is 8.40. The van der Waals surface area contributed by atoms with Crippen molar-refractivity contribution in [1.29, 1.82) is 0 Å². The summed E-state index contributed by atoms with van der Waals surface area (Å²) in [6.07, 6.45) is 0. The van der Waals surface area contributed by atoms with E-state index < -0.39 is 21.0 Å². The number of amides is 1. The van der Waals surface area contributed by atoms with Crippen molar-refractivity contribution >= 4 is 15.7 Å².